The van der Waals surface area contributed by atoms with Crippen LogP contribution in [-0.2, 0) is 26.0 Å². The van der Waals surface area contributed by atoms with Crippen LogP contribution >= 0.6 is 11.8 Å². The van der Waals surface area contributed by atoms with Gasteiger partial charge in [-0.05, 0) is 116 Å². The molecule has 1 amide bonds. The SMILES string of the molecule is O=C(NS(=O)(=O)c1ccc(N[C@@H](CSc2ccccc2)C[C@H]2CCCN2CCO)c(S(=O)(=O)C(F)(F)F)c1)c1ccccc1N1CCC(C(O)c2ccccc2-c2ccc(C(F)(F)F)cc2)CC1. The van der Waals surface area contributed by atoms with E-state index in [0.29, 0.717) is 79.6 Å². The van der Waals surface area contributed by atoms with Gasteiger partial charge in [0.1, 0.15) is 4.90 Å². The van der Waals surface area contributed by atoms with Crippen LogP contribution in [0.4, 0.5) is 37.7 Å². The summed E-state index contributed by atoms with van der Waals surface area (Å²) in [5.74, 6) is -1.13. The molecule has 0 aromatic heterocycles. The maximum atomic E-state index is 14.3. The van der Waals surface area contributed by atoms with Crippen molar-refractivity contribution in [1.82, 2.24) is 9.62 Å². The smallest absolute Gasteiger partial charge is 0.395 e. The molecule has 2 fully saturated rings. The topological polar surface area (TPSA) is 156 Å². The highest BCUT2D eigenvalue weighted by molar-refractivity contribution is 7.99. The number of amides is 1. The number of carbonyl (C=O) groups excluding carboxylic acids is 1. The molecule has 2 aliphatic rings. The monoisotopic (exact) mass is 1000 g/mol. The first kappa shape index (κ1) is 50.7. The molecule has 5 aromatic carbocycles. The van der Waals surface area contributed by atoms with Crippen molar-refractivity contribution in [1.29, 1.82) is 0 Å². The molecule has 68 heavy (non-hydrogen) atoms. The molecule has 11 nitrogen and oxygen atoms in total. The van der Waals surface area contributed by atoms with Crippen LogP contribution in [0.15, 0.2) is 136 Å². The lowest BCUT2D eigenvalue weighted by molar-refractivity contribution is -0.137. The highest BCUT2D eigenvalue weighted by Gasteiger charge is 2.49. The fourth-order valence-corrected chi connectivity index (χ4v) is 11.9. The van der Waals surface area contributed by atoms with E-state index in [1.807, 2.05) is 40.0 Å². The third-order valence-electron chi connectivity index (χ3n) is 12.4. The summed E-state index contributed by atoms with van der Waals surface area (Å²) in [4.78, 5) is 16.3. The van der Waals surface area contributed by atoms with Gasteiger partial charge >= 0.3 is 11.7 Å². The lowest BCUT2D eigenvalue weighted by Crippen LogP contribution is -2.38. The van der Waals surface area contributed by atoms with Gasteiger partial charge in [0.25, 0.3) is 25.8 Å². The number of aliphatic hydroxyl groups is 2. The molecule has 20 heteroatoms. The lowest BCUT2D eigenvalue weighted by Gasteiger charge is -2.37. The van der Waals surface area contributed by atoms with Crippen LogP contribution < -0.4 is 14.9 Å². The largest absolute Gasteiger partial charge is 0.501 e. The quantitative estimate of drug-likeness (QED) is 0.0521. The summed E-state index contributed by atoms with van der Waals surface area (Å²) in [7, 11) is -11.1. The van der Waals surface area contributed by atoms with E-state index in [1.54, 1.807) is 36.4 Å². The van der Waals surface area contributed by atoms with E-state index in [9.17, 15) is 58.2 Å². The van der Waals surface area contributed by atoms with E-state index in [0.717, 1.165) is 42.0 Å². The third kappa shape index (κ3) is 11.8. The maximum Gasteiger partial charge on any atom is 0.501 e. The van der Waals surface area contributed by atoms with Crippen LogP contribution in [0.5, 0.6) is 0 Å². The third-order valence-corrected chi connectivity index (χ3v) is 16.4. The zero-order chi connectivity index (χ0) is 48.9. The van der Waals surface area contributed by atoms with E-state index < -0.39 is 70.6 Å². The molecule has 0 bridgehead atoms. The molecule has 5 aromatic rings. The van der Waals surface area contributed by atoms with Gasteiger partial charge in [0.05, 0.1) is 34.4 Å². The molecule has 2 saturated heterocycles. The van der Waals surface area contributed by atoms with Gasteiger partial charge in [-0.3, -0.25) is 9.69 Å². The number of para-hydroxylation sites is 1. The number of likely N-dealkylation sites (tertiary alicyclic amines) is 1. The number of hydrogen-bond acceptors (Lipinski definition) is 11. The number of β-amino-alcohol motifs (C(OH)–C–C–N with tert-alkyl or cyclic N) is 1. The van der Waals surface area contributed by atoms with Gasteiger partial charge in [-0.1, -0.05) is 66.7 Å². The second-order valence-corrected chi connectivity index (χ2v) is 21.4. The standard InChI is InChI=1S/C48H50F6N4O7S3/c49-47(50,51)34-18-16-32(17-19-34)39-12-4-5-13-40(39)45(60)33-22-25-58(26-23-33)43-15-7-6-14-41(43)46(61)56-68(64,65)38-20-21-42(44(30-38)67(62,63)48(52,53)54)55-35(31-66-37-10-2-1-3-11-37)29-36-9-8-24-57(36)27-28-59/h1-7,10-21,30,33,35-36,45,55,59-60H,8-9,22-29,31H2,(H,56,61)/t35-,36-,45?/m1/s1. The molecule has 0 saturated carbocycles. The number of anilines is 2. The second-order valence-electron chi connectivity index (χ2n) is 16.7. The van der Waals surface area contributed by atoms with Crippen molar-refractivity contribution in [2.75, 3.05) is 48.8 Å². The van der Waals surface area contributed by atoms with Crippen molar-refractivity contribution >= 4 is 48.9 Å². The molecule has 1 unspecified atom stereocenters. The number of halogens is 6. The van der Waals surface area contributed by atoms with Crippen molar-refractivity contribution in [2.45, 2.75) is 76.7 Å². The van der Waals surface area contributed by atoms with Gasteiger partial charge in [-0.15, -0.1) is 11.8 Å². The first-order chi connectivity index (χ1) is 32.3. The average molecular weight is 1010 g/mol. The number of nitrogens with zero attached hydrogens (tertiary/aromatic N) is 2. The van der Waals surface area contributed by atoms with Gasteiger partial charge in [0, 0.05) is 48.1 Å². The first-order valence-electron chi connectivity index (χ1n) is 21.9. The minimum Gasteiger partial charge on any atom is -0.395 e. The molecule has 2 aliphatic heterocycles. The first-order valence-corrected chi connectivity index (χ1v) is 25.8. The van der Waals surface area contributed by atoms with Crippen LogP contribution in [0.2, 0.25) is 0 Å². The zero-order valence-corrected chi connectivity index (χ0v) is 38.9. The van der Waals surface area contributed by atoms with E-state index in [2.05, 4.69) is 10.2 Å². The van der Waals surface area contributed by atoms with Gasteiger partial charge in [-0.25, -0.2) is 21.6 Å². The fourth-order valence-electron chi connectivity index (χ4n) is 8.90. The Balaban J connectivity index is 1.09. The van der Waals surface area contributed by atoms with Gasteiger partial charge in [0.15, 0.2) is 0 Å². The summed E-state index contributed by atoms with van der Waals surface area (Å²) >= 11 is 1.40. The highest BCUT2D eigenvalue weighted by Crippen LogP contribution is 2.40. The number of piperidine rings is 1. The van der Waals surface area contributed by atoms with Crippen molar-refractivity contribution < 1.29 is 58.2 Å². The number of carbonyl (C=O) groups is 1. The number of sulfone groups is 1. The van der Waals surface area contributed by atoms with Crippen LogP contribution in [0.25, 0.3) is 11.1 Å². The Morgan fingerprint density at radius 1 is 0.794 bits per heavy atom. The minimum absolute atomic E-state index is 0.0689. The Morgan fingerprint density at radius 3 is 2.13 bits per heavy atom. The molecule has 3 atom stereocenters. The molecule has 2 heterocycles. The number of thioether (sulfide) groups is 1. The number of rotatable bonds is 17. The Labute approximate surface area is 395 Å². The molecular formula is C48H50F6N4O7S3. The Hall–Kier alpha value is -5.12. The van der Waals surface area contributed by atoms with Crippen LogP contribution in [0.3, 0.4) is 0 Å². The predicted molar refractivity (Wildman–Crippen MR) is 248 cm³/mol. The lowest BCUT2D eigenvalue weighted by atomic mass is 9.84. The normalized spacial score (nSPS) is 17.5. The summed E-state index contributed by atoms with van der Waals surface area (Å²) in [5, 5.41) is 24.2. The molecule has 0 radical (unpaired) electrons. The number of hydrogen-bond donors (Lipinski definition) is 4. The summed E-state index contributed by atoms with van der Waals surface area (Å²) in [6.07, 6.45) is -2.75. The zero-order valence-electron chi connectivity index (χ0n) is 36.5. The number of benzene rings is 5. The van der Waals surface area contributed by atoms with E-state index in [1.165, 1.54) is 36.0 Å². The number of sulfonamides is 1. The molecule has 0 aliphatic carbocycles. The van der Waals surface area contributed by atoms with Crippen molar-refractivity contribution in [3.05, 3.63) is 138 Å². The number of aliphatic hydroxyl groups excluding tert-OH is 2. The molecular weight excluding hydrogens is 955 g/mol. The summed E-state index contributed by atoms with van der Waals surface area (Å²) in [6.45, 7) is 1.60. The predicted octanol–water partition coefficient (Wildman–Crippen LogP) is 9.15. The molecule has 0 spiro atoms. The Kier molecular flexibility index (Phi) is 15.9. The molecule has 364 valence electrons. The average Bonchev–Trinajstić information content (AvgIpc) is 3.76. The van der Waals surface area contributed by atoms with Crippen molar-refractivity contribution in [3.8, 4) is 11.1 Å². The van der Waals surface area contributed by atoms with E-state index >= 15 is 0 Å². The van der Waals surface area contributed by atoms with Gasteiger partial charge in [0.2, 0.25) is 0 Å². The minimum atomic E-state index is -6.15. The molecule has 4 N–H and O–H groups in total. The summed E-state index contributed by atoms with van der Waals surface area (Å²) < 4.78 is 139. The number of alkyl halides is 6. The van der Waals surface area contributed by atoms with Crippen molar-refractivity contribution in [3.63, 3.8) is 0 Å². The Morgan fingerprint density at radius 2 is 1.46 bits per heavy atom. The van der Waals surface area contributed by atoms with Crippen LogP contribution in [0.1, 0.15) is 59.7 Å². The van der Waals surface area contributed by atoms with Crippen LogP contribution in [0, 0.1) is 5.92 Å². The van der Waals surface area contributed by atoms with Crippen LogP contribution in [-0.4, -0.2) is 94.0 Å². The second kappa shape index (κ2) is 21.3. The summed E-state index contributed by atoms with van der Waals surface area (Å²) in [5.41, 5.74) is -5.25. The maximum absolute atomic E-state index is 14.3. The van der Waals surface area contributed by atoms with E-state index in [-0.39, 0.29) is 24.1 Å². The summed E-state index contributed by atoms with van der Waals surface area (Å²) in [6, 6.07) is 28.4. The fraction of sp³-hybridized carbons (Fsp3) is 0.354. The van der Waals surface area contributed by atoms with Gasteiger partial charge < -0.3 is 20.4 Å². The molecule has 7 rings (SSSR count). The van der Waals surface area contributed by atoms with Gasteiger partial charge in [-0.2, -0.15) is 26.3 Å². The number of nitrogens with one attached hydrogen (secondary N) is 2. The Bertz CT molecular complexity index is 2760. The highest BCUT2D eigenvalue weighted by atomic mass is 32.2. The van der Waals surface area contributed by atoms with E-state index in [4.69, 9.17) is 0 Å². The van der Waals surface area contributed by atoms with Crippen molar-refractivity contribution in [2.24, 2.45) is 5.92 Å².